The number of nitrogens with one attached hydrogen (secondary N) is 2. The molecule has 6 nitrogen and oxygen atoms in total. The van der Waals surface area contributed by atoms with Gasteiger partial charge in [-0.15, -0.1) is 0 Å². The standard InChI is InChI=1S/C23H23N3O3S/c1-17-7-11-22(12-8-17)30(28,29)26-14-13-18-9-10-21(15-19(18)16-26)25-23(27)24-20-5-3-2-4-6-20/h2-12,15H,13-14,16H2,1H3,(H2,24,25,27). The van der Waals surface area contributed by atoms with Crippen LogP contribution >= 0.6 is 0 Å². The van der Waals surface area contributed by atoms with Crippen molar-refractivity contribution < 1.29 is 13.2 Å². The van der Waals surface area contributed by atoms with Crippen LogP contribution in [0.2, 0.25) is 0 Å². The number of benzene rings is 3. The van der Waals surface area contributed by atoms with E-state index in [0.29, 0.717) is 29.2 Å². The van der Waals surface area contributed by atoms with Crippen LogP contribution in [0.3, 0.4) is 0 Å². The molecule has 30 heavy (non-hydrogen) atoms. The number of rotatable bonds is 4. The lowest BCUT2D eigenvalue weighted by molar-refractivity contribution is 0.262. The van der Waals surface area contributed by atoms with Crippen LogP contribution in [0.1, 0.15) is 16.7 Å². The van der Waals surface area contributed by atoms with Gasteiger partial charge in [0.1, 0.15) is 0 Å². The maximum Gasteiger partial charge on any atom is 0.323 e. The third kappa shape index (κ3) is 4.37. The third-order valence-electron chi connectivity index (χ3n) is 5.13. The minimum Gasteiger partial charge on any atom is -0.308 e. The van der Waals surface area contributed by atoms with Gasteiger partial charge in [0.15, 0.2) is 0 Å². The van der Waals surface area contributed by atoms with E-state index in [-0.39, 0.29) is 12.6 Å². The van der Waals surface area contributed by atoms with Gasteiger partial charge in [-0.3, -0.25) is 0 Å². The minimum atomic E-state index is -3.56. The second-order valence-corrected chi connectivity index (χ2v) is 9.27. The molecule has 3 aromatic rings. The monoisotopic (exact) mass is 421 g/mol. The molecule has 0 atom stereocenters. The summed E-state index contributed by atoms with van der Waals surface area (Å²) in [5.74, 6) is 0. The Morgan fingerprint density at radius 1 is 0.867 bits per heavy atom. The molecule has 0 saturated heterocycles. The van der Waals surface area contributed by atoms with Crippen molar-refractivity contribution in [2.75, 3.05) is 17.2 Å². The van der Waals surface area contributed by atoms with Crippen LogP contribution in [-0.4, -0.2) is 25.3 Å². The molecule has 2 amide bonds. The minimum absolute atomic E-state index is 0.279. The average Bonchev–Trinajstić information content (AvgIpc) is 2.74. The predicted octanol–water partition coefficient (Wildman–Crippen LogP) is 4.39. The number of carbonyl (C=O) groups excluding carboxylic acids is 1. The Morgan fingerprint density at radius 3 is 2.30 bits per heavy atom. The molecule has 1 heterocycles. The van der Waals surface area contributed by atoms with Crippen molar-refractivity contribution in [1.82, 2.24) is 4.31 Å². The summed E-state index contributed by atoms with van der Waals surface area (Å²) in [6.07, 6.45) is 0.636. The topological polar surface area (TPSA) is 78.5 Å². The molecule has 0 bridgehead atoms. The molecule has 4 rings (SSSR count). The average molecular weight is 422 g/mol. The van der Waals surface area contributed by atoms with Gasteiger partial charge in [0, 0.05) is 24.5 Å². The molecule has 0 saturated carbocycles. The molecule has 3 aromatic carbocycles. The van der Waals surface area contributed by atoms with Crippen LogP contribution in [-0.2, 0) is 23.0 Å². The van der Waals surface area contributed by atoms with Crippen molar-refractivity contribution >= 4 is 27.4 Å². The van der Waals surface area contributed by atoms with Crippen LogP contribution < -0.4 is 10.6 Å². The van der Waals surface area contributed by atoms with E-state index >= 15 is 0 Å². The first-order valence-corrected chi connectivity index (χ1v) is 11.2. The van der Waals surface area contributed by atoms with E-state index in [1.807, 2.05) is 43.3 Å². The van der Waals surface area contributed by atoms with Gasteiger partial charge in [0.2, 0.25) is 10.0 Å². The zero-order chi connectivity index (χ0) is 21.1. The lowest BCUT2D eigenvalue weighted by atomic mass is 10.0. The van der Waals surface area contributed by atoms with Gasteiger partial charge in [0.05, 0.1) is 4.90 Å². The van der Waals surface area contributed by atoms with E-state index in [9.17, 15) is 13.2 Å². The summed E-state index contributed by atoms with van der Waals surface area (Å²) in [6.45, 7) is 2.64. The van der Waals surface area contributed by atoms with Gasteiger partial charge >= 0.3 is 6.03 Å². The molecular formula is C23H23N3O3S. The number of hydrogen-bond acceptors (Lipinski definition) is 3. The Hall–Kier alpha value is -3.16. The zero-order valence-electron chi connectivity index (χ0n) is 16.6. The summed E-state index contributed by atoms with van der Waals surface area (Å²) in [5, 5.41) is 5.59. The molecule has 0 radical (unpaired) electrons. The van der Waals surface area contributed by atoms with Crippen LogP contribution in [0.4, 0.5) is 16.2 Å². The summed E-state index contributed by atoms with van der Waals surface area (Å²) in [4.78, 5) is 12.6. The number of para-hydroxylation sites is 1. The number of anilines is 2. The number of fused-ring (bicyclic) bond motifs is 1. The third-order valence-corrected chi connectivity index (χ3v) is 6.99. The summed E-state index contributed by atoms with van der Waals surface area (Å²) < 4.78 is 27.5. The van der Waals surface area contributed by atoms with Crippen molar-refractivity contribution in [3.63, 3.8) is 0 Å². The first-order chi connectivity index (χ1) is 14.4. The highest BCUT2D eigenvalue weighted by Gasteiger charge is 2.28. The molecule has 154 valence electrons. The van der Waals surface area contributed by atoms with Crippen molar-refractivity contribution in [2.45, 2.75) is 24.8 Å². The number of nitrogens with zero attached hydrogens (tertiary/aromatic N) is 1. The number of carbonyl (C=O) groups is 1. The van der Waals surface area contributed by atoms with Crippen molar-refractivity contribution in [3.8, 4) is 0 Å². The molecule has 0 aliphatic carbocycles. The van der Waals surface area contributed by atoms with Crippen LogP contribution in [0.15, 0.2) is 77.7 Å². The lowest BCUT2D eigenvalue weighted by Crippen LogP contribution is -2.36. The fourth-order valence-corrected chi connectivity index (χ4v) is 4.91. The highest BCUT2D eigenvalue weighted by molar-refractivity contribution is 7.89. The van der Waals surface area contributed by atoms with Crippen molar-refractivity contribution in [3.05, 3.63) is 89.5 Å². The van der Waals surface area contributed by atoms with Crippen molar-refractivity contribution in [2.24, 2.45) is 0 Å². The van der Waals surface area contributed by atoms with Crippen LogP contribution in [0, 0.1) is 6.92 Å². The molecular weight excluding hydrogens is 398 g/mol. The van der Waals surface area contributed by atoms with E-state index in [0.717, 1.165) is 16.7 Å². The van der Waals surface area contributed by atoms with E-state index in [2.05, 4.69) is 10.6 Å². The molecule has 1 aliphatic rings. The van der Waals surface area contributed by atoms with E-state index in [1.54, 1.807) is 36.4 Å². The summed E-state index contributed by atoms with van der Waals surface area (Å²) in [6, 6.07) is 21.4. The van der Waals surface area contributed by atoms with Crippen LogP contribution in [0.25, 0.3) is 0 Å². The lowest BCUT2D eigenvalue weighted by Gasteiger charge is -2.28. The maximum atomic E-state index is 13.0. The second-order valence-electron chi connectivity index (χ2n) is 7.33. The molecule has 0 spiro atoms. The number of sulfonamides is 1. The summed E-state index contributed by atoms with van der Waals surface area (Å²) in [7, 11) is -3.56. The van der Waals surface area contributed by atoms with Gasteiger partial charge < -0.3 is 10.6 Å². The number of amides is 2. The number of urea groups is 1. The fourth-order valence-electron chi connectivity index (χ4n) is 3.49. The van der Waals surface area contributed by atoms with E-state index < -0.39 is 10.0 Å². The number of aryl methyl sites for hydroxylation is 1. The highest BCUT2D eigenvalue weighted by Crippen LogP contribution is 2.27. The first-order valence-electron chi connectivity index (χ1n) is 9.73. The smallest absolute Gasteiger partial charge is 0.308 e. The molecule has 2 N–H and O–H groups in total. The Kier molecular flexibility index (Phi) is 5.57. The largest absolute Gasteiger partial charge is 0.323 e. The van der Waals surface area contributed by atoms with Gasteiger partial charge in [0.25, 0.3) is 0 Å². The van der Waals surface area contributed by atoms with Crippen LogP contribution in [0.5, 0.6) is 0 Å². The fraction of sp³-hybridized carbons (Fsp3) is 0.174. The molecule has 0 fully saturated rings. The van der Waals surface area contributed by atoms with Gasteiger partial charge in [-0.1, -0.05) is 42.0 Å². The van der Waals surface area contributed by atoms with Gasteiger partial charge in [-0.25, -0.2) is 13.2 Å². The van der Waals surface area contributed by atoms with Crippen molar-refractivity contribution in [1.29, 1.82) is 0 Å². The summed E-state index contributed by atoms with van der Waals surface area (Å²) >= 11 is 0. The second kappa shape index (κ2) is 8.30. The van der Waals surface area contributed by atoms with Gasteiger partial charge in [-0.05, 0) is 60.9 Å². The van der Waals surface area contributed by atoms with Gasteiger partial charge in [-0.2, -0.15) is 4.31 Å². The quantitative estimate of drug-likeness (QED) is 0.656. The SMILES string of the molecule is Cc1ccc(S(=O)(=O)N2CCc3ccc(NC(=O)Nc4ccccc4)cc3C2)cc1. The first kappa shape index (κ1) is 20.1. The molecule has 0 unspecified atom stereocenters. The summed E-state index contributed by atoms with van der Waals surface area (Å²) in [5.41, 5.74) is 4.33. The van der Waals surface area contributed by atoms with E-state index in [1.165, 1.54) is 4.31 Å². The zero-order valence-corrected chi connectivity index (χ0v) is 17.4. The Morgan fingerprint density at radius 2 is 1.57 bits per heavy atom. The normalized spacial score (nSPS) is 14.0. The Bertz CT molecular complexity index is 1160. The number of hydrogen-bond donors (Lipinski definition) is 2. The molecule has 7 heteroatoms. The van der Waals surface area contributed by atoms with E-state index in [4.69, 9.17) is 0 Å². The Balaban J connectivity index is 1.49. The maximum absolute atomic E-state index is 13.0. The highest BCUT2D eigenvalue weighted by atomic mass is 32.2. The molecule has 0 aromatic heterocycles. The Labute approximate surface area is 176 Å². The predicted molar refractivity (Wildman–Crippen MR) is 118 cm³/mol. The molecule has 1 aliphatic heterocycles.